The van der Waals surface area contributed by atoms with Gasteiger partial charge in [-0.05, 0) is 38.0 Å². The lowest BCUT2D eigenvalue weighted by Gasteiger charge is -2.30. The molecule has 1 heteroatoms. The maximum Gasteiger partial charge on any atom is 0.0465 e. The second-order valence-corrected chi connectivity index (χ2v) is 4.11. The second kappa shape index (κ2) is 4.84. The summed E-state index contributed by atoms with van der Waals surface area (Å²) < 4.78 is 0. The van der Waals surface area contributed by atoms with Crippen LogP contribution in [0.4, 0.5) is 0 Å². The number of rotatable bonds is 3. The molecule has 1 aliphatic heterocycles. The molecular weight excluding hydrogens is 194 g/mol. The van der Waals surface area contributed by atoms with E-state index in [0.29, 0.717) is 0 Å². The highest BCUT2D eigenvalue weighted by Gasteiger charge is 2.16. The van der Waals surface area contributed by atoms with Crippen molar-refractivity contribution in [1.29, 1.82) is 0 Å². The molecule has 0 spiro atoms. The highest BCUT2D eigenvalue weighted by atomic mass is 15.1. The van der Waals surface area contributed by atoms with Crippen molar-refractivity contribution < 1.29 is 0 Å². The van der Waals surface area contributed by atoms with Crippen LogP contribution in [0.5, 0.6) is 0 Å². The van der Waals surface area contributed by atoms with Crippen molar-refractivity contribution in [2.75, 3.05) is 0 Å². The molecule has 0 fully saturated rings. The molecule has 0 aromatic carbocycles. The van der Waals surface area contributed by atoms with Crippen molar-refractivity contribution in [2.45, 2.75) is 20.8 Å². The Balaban J connectivity index is 3.18. The summed E-state index contributed by atoms with van der Waals surface area (Å²) in [6.45, 7) is 18.1. The maximum absolute atomic E-state index is 4.09. The van der Waals surface area contributed by atoms with E-state index in [1.54, 1.807) is 0 Å². The van der Waals surface area contributed by atoms with E-state index in [-0.39, 0.29) is 0 Å². The first kappa shape index (κ1) is 12.3. The Morgan fingerprint density at radius 2 is 1.94 bits per heavy atom. The van der Waals surface area contributed by atoms with Crippen molar-refractivity contribution in [3.05, 3.63) is 72.3 Å². The quantitative estimate of drug-likeness (QED) is 0.631. The van der Waals surface area contributed by atoms with Crippen LogP contribution in [-0.2, 0) is 0 Å². The van der Waals surface area contributed by atoms with E-state index in [2.05, 4.69) is 38.5 Å². The lowest BCUT2D eigenvalue weighted by molar-refractivity contribution is 0.586. The minimum absolute atomic E-state index is 0.941. The lowest BCUT2D eigenvalue weighted by atomic mass is 10.0. The van der Waals surface area contributed by atoms with Gasteiger partial charge in [0.15, 0.2) is 0 Å². The monoisotopic (exact) mass is 213 g/mol. The molecule has 0 unspecified atom stereocenters. The van der Waals surface area contributed by atoms with Crippen LogP contribution < -0.4 is 0 Å². The highest BCUT2D eigenvalue weighted by molar-refractivity contribution is 5.47. The van der Waals surface area contributed by atoms with Gasteiger partial charge in [0, 0.05) is 17.6 Å². The van der Waals surface area contributed by atoms with E-state index >= 15 is 0 Å². The Bertz CT molecular complexity index is 426. The summed E-state index contributed by atoms with van der Waals surface area (Å²) in [5.74, 6) is 0. The van der Waals surface area contributed by atoms with Crippen LogP contribution in [0.15, 0.2) is 72.3 Å². The van der Waals surface area contributed by atoms with Gasteiger partial charge in [0.25, 0.3) is 0 Å². The minimum Gasteiger partial charge on any atom is -0.317 e. The average Bonchev–Trinajstić information content (AvgIpc) is 2.20. The molecule has 84 valence electrons. The van der Waals surface area contributed by atoms with E-state index in [9.17, 15) is 0 Å². The van der Waals surface area contributed by atoms with Crippen molar-refractivity contribution >= 4 is 0 Å². The Morgan fingerprint density at radius 1 is 1.31 bits per heavy atom. The van der Waals surface area contributed by atoms with Gasteiger partial charge in [-0.2, -0.15) is 0 Å². The highest BCUT2D eigenvalue weighted by Crippen LogP contribution is 2.28. The first-order valence-electron chi connectivity index (χ1n) is 5.31. The van der Waals surface area contributed by atoms with Crippen LogP contribution in [0.1, 0.15) is 20.8 Å². The smallest absolute Gasteiger partial charge is 0.0465 e. The van der Waals surface area contributed by atoms with E-state index in [1.807, 2.05) is 31.4 Å². The molecule has 0 saturated heterocycles. The fourth-order valence-corrected chi connectivity index (χ4v) is 1.83. The molecule has 0 saturated carbocycles. The molecular formula is C15H19N. The number of hydrogen-bond donors (Lipinski definition) is 0. The van der Waals surface area contributed by atoms with Crippen LogP contribution in [-0.4, -0.2) is 4.90 Å². The van der Waals surface area contributed by atoms with Gasteiger partial charge >= 0.3 is 0 Å². The molecule has 0 bridgehead atoms. The van der Waals surface area contributed by atoms with Gasteiger partial charge in [0.1, 0.15) is 0 Å². The van der Waals surface area contributed by atoms with Gasteiger partial charge in [-0.25, -0.2) is 0 Å². The molecule has 1 nitrogen and oxygen atoms in total. The van der Waals surface area contributed by atoms with E-state index in [4.69, 9.17) is 0 Å². The standard InChI is InChI=1S/C15H19N/c1-7-14-9-8-10-16(13(14)6)15(11(2)3)12(4)5/h7-10H,1-2,6H2,3-5H3. The number of hydrogen-bond acceptors (Lipinski definition) is 1. The first-order valence-corrected chi connectivity index (χ1v) is 5.31. The van der Waals surface area contributed by atoms with Crippen molar-refractivity contribution in [3.63, 3.8) is 0 Å². The summed E-state index contributed by atoms with van der Waals surface area (Å²) in [6, 6.07) is 0. The molecule has 0 aliphatic carbocycles. The zero-order valence-electron chi connectivity index (χ0n) is 10.4. The third kappa shape index (κ3) is 2.25. The van der Waals surface area contributed by atoms with Gasteiger partial charge in [0.05, 0.1) is 0 Å². The predicted molar refractivity (Wildman–Crippen MR) is 71.6 cm³/mol. The average molecular weight is 213 g/mol. The largest absolute Gasteiger partial charge is 0.317 e. The summed E-state index contributed by atoms with van der Waals surface area (Å²) in [6.07, 6.45) is 7.83. The second-order valence-electron chi connectivity index (χ2n) is 4.11. The fraction of sp³-hybridized carbons (Fsp3) is 0.200. The third-order valence-corrected chi connectivity index (χ3v) is 2.47. The maximum atomic E-state index is 4.09. The van der Waals surface area contributed by atoms with Crippen LogP contribution in [0.2, 0.25) is 0 Å². The third-order valence-electron chi connectivity index (χ3n) is 2.47. The molecule has 1 heterocycles. The van der Waals surface area contributed by atoms with Gasteiger partial charge in [-0.1, -0.05) is 37.5 Å². The summed E-state index contributed by atoms with van der Waals surface area (Å²) in [7, 11) is 0. The first-order chi connectivity index (χ1) is 7.49. The normalized spacial score (nSPS) is 14.6. The fourth-order valence-electron chi connectivity index (χ4n) is 1.83. The van der Waals surface area contributed by atoms with E-state index < -0.39 is 0 Å². The zero-order valence-corrected chi connectivity index (χ0v) is 10.4. The van der Waals surface area contributed by atoms with Crippen molar-refractivity contribution in [2.24, 2.45) is 0 Å². The van der Waals surface area contributed by atoms with Crippen LogP contribution in [0.3, 0.4) is 0 Å². The van der Waals surface area contributed by atoms with Crippen molar-refractivity contribution in [3.8, 4) is 0 Å². The predicted octanol–water partition coefficient (Wildman–Crippen LogP) is 4.31. The van der Waals surface area contributed by atoms with Crippen molar-refractivity contribution in [1.82, 2.24) is 4.90 Å². The Morgan fingerprint density at radius 3 is 2.38 bits per heavy atom. The molecule has 0 N–H and O–H groups in total. The van der Waals surface area contributed by atoms with Gasteiger partial charge in [-0.15, -0.1) is 0 Å². The lowest BCUT2D eigenvalue weighted by Crippen LogP contribution is -2.20. The molecule has 0 radical (unpaired) electrons. The minimum atomic E-state index is 0.941. The Hall–Kier alpha value is -1.76. The molecule has 1 rings (SSSR count). The summed E-state index contributed by atoms with van der Waals surface area (Å²) in [5, 5.41) is 0. The van der Waals surface area contributed by atoms with Crippen LogP contribution in [0, 0.1) is 0 Å². The topological polar surface area (TPSA) is 3.24 Å². The van der Waals surface area contributed by atoms with Crippen LogP contribution >= 0.6 is 0 Å². The summed E-state index contributed by atoms with van der Waals surface area (Å²) in [5.41, 5.74) is 5.37. The Labute approximate surface area is 98.5 Å². The molecule has 0 aromatic rings. The summed E-state index contributed by atoms with van der Waals surface area (Å²) in [4.78, 5) is 2.06. The molecule has 0 amide bonds. The SMILES string of the molecule is C=CC1=CC=CN(C(C(=C)C)=C(C)C)C1=C. The zero-order chi connectivity index (χ0) is 12.3. The number of allylic oxidation sites excluding steroid dienone is 5. The molecule has 0 aromatic heterocycles. The molecule has 1 aliphatic rings. The summed E-state index contributed by atoms with van der Waals surface area (Å²) >= 11 is 0. The van der Waals surface area contributed by atoms with Crippen LogP contribution in [0.25, 0.3) is 0 Å². The number of nitrogens with zero attached hydrogens (tertiary/aromatic N) is 1. The van der Waals surface area contributed by atoms with Gasteiger partial charge < -0.3 is 4.90 Å². The van der Waals surface area contributed by atoms with Gasteiger partial charge in [-0.3, -0.25) is 0 Å². The molecule has 0 atom stereocenters. The van der Waals surface area contributed by atoms with E-state index in [1.165, 1.54) is 5.57 Å². The molecule has 16 heavy (non-hydrogen) atoms. The Kier molecular flexibility index (Phi) is 3.73. The van der Waals surface area contributed by atoms with Gasteiger partial charge in [0.2, 0.25) is 0 Å². The van der Waals surface area contributed by atoms with E-state index in [0.717, 1.165) is 22.5 Å².